The Morgan fingerprint density at radius 1 is 1.28 bits per heavy atom. The van der Waals surface area contributed by atoms with Gasteiger partial charge in [0.2, 0.25) is 10.0 Å². The largest absolute Gasteiger partial charge is 0.487 e. The standard InChI is InChI=1S/C22H27FN6O5S2/c1-14-17(22(30)27-35(2,3)31)12-29-20(14)21(24-13-25-29)26-18-8-7-15(23)10-19(18)34-16-6-5-9-28(11-16)36(4,32)33/h7-8,10,12-13,16H,2,5-6,9,11H2,1,3-4H3,(H,24,25,26)(H,27,30,31). The van der Waals surface area contributed by atoms with Crippen LogP contribution in [0.2, 0.25) is 0 Å². The Balaban J connectivity index is 1.65. The number of fused-ring (bicyclic) bond motifs is 1. The molecule has 2 unspecified atom stereocenters. The van der Waals surface area contributed by atoms with Crippen molar-refractivity contribution < 1.29 is 26.5 Å². The first-order chi connectivity index (χ1) is 16.8. The molecule has 2 atom stereocenters. The van der Waals surface area contributed by atoms with Gasteiger partial charge in [-0.05, 0) is 43.3 Å². The van der Waals surface area contributed by atoms with E-state index in [1.165, 1.54) is 45.8 Å². The molecular formula is C22H27FN6O5S2. The van der Waals surface area contributed by atoms with E-state index in [4.69, 9.17) is 4.74 Å². The molecule has 1 aromatic carbocycles. The normalized spacial score (nSPS) is 18.5. The van der Waals surface area contributed by atoms with Crippen molar-refractivity contribution in [3.8, 4) is 5.75 Å². The summed E-state index contributed by atoms with van der Waals surface area (Å²) in [5, 5.41) is 7.27. The number of aromatic nitrogens is 3. The predicted molar refractivity (Wildman–Crippen MR) is 136 cm³/mol. The number of aryl methyl sites for hydroxylation is 1. The highest BCUT2D eigenvalue weighted by atomic mass is 32.2. The second-order valence-corrected chi connectivity index (χ2v) is 13.0. The van der Waals surface area contributed by atoms with Crippen molar-refractivity contribution in [1.82, 2.24) is 23.6 Å². The Morgan fingerprint density at radius 3 is 2.72 bits per heavy atom. The number of ether oxygens (including phenoxy) is 1. The Kier molecular flexibility index (Phi) is 6.94. The van der Waals surface area contributed by atoms with Crippen LogP contribution in [0.1, 0.15) is 28.8 Å². The molecule has 3 heterocycles. The number of carbonyl (C=O) groups is 1. The molecule has 36 heavy (non-hydrogen) atoms. The monoisotopic (exact) mass is 538 g/mol. The fourth-order valence-corrected chi connectivity index (χ4v) is 5.44. The summed E-state index contributed by atoms with van der Waals surface area (Å²) in [6.07, 6.45) is 6.02. The lowest BCUT2D eigenvalue weighted by Crippen LogP contribution is -2.43. The Labute approximate surface area is 208 Å². The zero-order valence-electron chi connectivity index (χ0n) is 20.0. The minimum absolute atomic E-state index is 0.162. The number of nitrogens with one attached hydrogen (secondary N) is 2. The van der Waals surface area contributed by atoms with Crippen LogP contribution >= 0.6 is 0 Å². The SMILES string of the molecule is C=S(C)(=O)NC(=O)c1cn2ncnc(Nc3ccc(F)cc3OC3CCCN(S(C)(=O)=O)C3)c2c1C. The number of hydrogen-bond donors (Lipinski definition) is 2. The van der Waals surface area contributed by atoms with Gasteiger partial charge < -0.3 is 10.1 Å². The number of benzene rings is 1. The molecule has 3 aromatic rings. The van der Waals surface area contributed by atoms with E-state index in [1.807, 2.05) is 0 Å². The van der Waals surface area contributed by atoms with Crippen molar-refractivity contribution >= 4 is 48.5 Å². The first-order valence-electron chi connectivity index (χ1n) is 11.0. The third-order valence-electron chi connectivity index (χ3n) is 5.68. The molecule has 1 saturated heterocycles. The van der Waals surface area contributed by atoms with Gasteiger partial charge in [0.15, 0.2) is 5.82 Å². The third kappa shape index (κ3) is 5.77. The maximum absolute atomic E-state index is 14.1. The van der Waals surface area contributed by atoms with Gasteiger partial charge in [-0.1, -0.05) is 0 Å². The van der Waals surface area contributed by atoms with Gasteiger partial charge in [0.05, 0.1) is 24.1 Å². The van der Waals surface area contributed by atoms with Crippen LogP contribution in [-0.4, -0.2) is 75.0 Å². The summed E-state index contributed by atoms with van der Waals surface area (Å²) in [5.74, 6) is 2.88. The molecule has 1 aliphatic rings. The lowest BCUT2D eigenvalue weighted by atomic mass is 10.1. The van der Waals surface area contributed by atoms with Crippen LogP contribution in [0.25, 0.3) is 5.52 Å². The second kappa shape index (κ2) is 9.67. The van der Waals surface area contributed by atoms with Crippen LogP contribution in [-0.2, 0) is 19.7 Å². The number of halogens is 1. The van der Waals surface area contributed by atoms with Gasteiger partial charge in [-0.3, -0.25) is 9.52 Å². The van der Waals surface area contributed by atoms with E-state index in [9.17, 15) is 21.8 Å². The van der Waals surface area contributed by atoms with Crippen LogP contribution in [0, 0.1) is 12.7 Å². The summed E-state index contributed by atoms with van der Waals surface area (Å²) in [6, 6.07) is 3.96. The molecule has 0 bridgehead atoms. The molecule has 1 aliphatic heterocycles. The maximum Gasteiger partial charge on any atom is 0.264 e. The van der Waals surface area contributed by atoms with Gasteiger partial charge in [0.25, 0.3) is 5.91 Å². The zero-order chi connectivity index (χ0) is 26.3. The number of amides is 1. The van der Waals surface area contributed by atoms with E-state index in [0.29, 0.717) is 42.0 Å². The molecule has 2 N–H and O–H groups in total. The lowest BCUT2D eigenvalue weighted by Gasteiger charge is -2.31. The molecule has 1 fully saturated rings. The van der Waals surface area contributed by atoms with Crippen molar-refractivity contribution in [2.75, 3.05) is 30.9 Å². The summed E-state index contributed by atoms with van der Waals surface area (Å²) in [7, 11) is -6.15. The van der Waals surface area contributed by atoms with Crippen molar-refractivity contribution in [1.29, 1.82) is 0 Å². The second-order valence-electron chi connectivity index (χ2n) is 8.77. The third-order valence-corrected chi connectivity index (χ3v) is 7.57. The number of carbonyl (C=O) groups excluding carboxylic acids is 1. The van der Waals surface area contributed by atoms with E-state index in [1.54, 1.807) is 6.92 Å². The highest BCUT2D eigenvalue weighted by Crippen LogP contribution is 2.33. The highest BCUT2D eigenvalue weighted by molar-refractivity contribution is 7.98. The fraction of sp³-hybridized carbons (Fsp3) is 0.364. The highest BCUT2D eigenvalue weighted by Gasteiger charge is 2.28. The van der Waals surface area contributed by atoms with E-state index in [0.717, 1.165) is 6.26 Å². The zero-order valence-corrected chi connectivity index (χ0v) is 21.7. The van der Waals surface area contributed by atoms with Gasteiger partial charge in [0, 0.05) is 34.8 Å². The van der Waals surface area contributed by atoms with Gasteiger partial charge in [-0.2, -0.15) is 9.40 Å². The number of nitrogens with zero attached hydrogens (tertiary/aromatic N) is 4. The molecular weight excluding hydrogens is 511 g/mol. The first kappa shape index (κ1) is 25.9. The van der Waals surface area contributed by atoms with E-state index in [2.05, 4.69) is 26.0 Å². The molecule has 11 nitrogen and oxygen atoms in total. The summed E-state index contributed by atoms with van der Waals surface area (Å²) < 4.78 is 61.2. The van der Waals surface area contributed by atoms with Crippen LogP contribution in [0.3, 0.4) is 0 Å². The lowest BCUT2D eigenvalue weighted by molar-refractivity contribution is 0.0982. The average molecular weight is 539 g/mol. The van der Waals surface area contributed by atoms with Gasteiger partial charge in [-0.15, -0.1) is 0 Å². The molecule has 194 valence electrons. The maximum atomic E-state index is 14.1. The predicted octanol–water partition coefficient (Wildman–Crippen LogP) is 1.71. The van der Waals surface area contributed by atoms with Gasteiger partial charge >= 0.3 is 0 Å². The molecule has 4 rings (SSSR count). The van der Waals surface area contributed by atoms with Crippen LogP contribution in [0.5, 0.6) is 5.75 Å². The number of anilines is 2. The quantitative estimate of drug-likeness (QED) is 0.434. The Morgan fingerprint density at radius 2 is 2.03 bits per heavy atom. The molecule has 1 amide bonds. The number of sulfonamides is 1. The van der Waals surface area contributed by atoms with Crippen LogP contribution in [0.15, 0.2) is 30.7 Å². The van der Waals surface area contributed by atoms with Crippen molar-refractivity contribution in [3.05, 3.63) is 47.7 Å². The fourth-order valence-electron chi connectivity index (χ4n) is 4.04. The Hall–Kier alpha value is -3.23. The van der Waals surface area contributed by atoms with Gasteiger partial charge in [-0.25, -0.2) is 26.5 Å². The minimum atomic E-state index is -3.37. The molecule has 0 spiro atoms. The molecule has 0 aliphatic carbocycles. The van der Waals surface area contributed by atoms with Crippen LogP contribution < -0.4 is 14.8 Å². The summed E-state index contributed by atoms with van der Waals surface area (Å²) in [4.78, 5) is 16.9. The summed E-state index contributed by atoms with van der Waals surface area (Å²) in [6.45, 7) is 2.27. The number of rotatable bonds is 7. The molecule has 0 radical (unpaired) electrons. The van der Waals surface area contributed by atoms with Crippen molar-refractivity contribution in [2.24, 2.45) is 0 Å². The summed E-state index contributed by atoms with van der Waals surface area (Å²) >= 11 is 0. The minimum Gasteiger partial charge on any atom is -0.487 e. The van der Waals surface area contributed by atoms with E-state index >= 15 is 0 Å². The topological polar surface area (TPSA) is 135 Å². The van der Waals surface area contributed by atoms with Gasteiger partial charge in [0.1, 0.15) is 29.5 Å². The first-order valence-corrected chi connectivity index (χ1v) is 15.0. The number of hydrogen-bond acceptors (Lipinski definition) is 8. The van der Waals surface area contributed by atoms with Crippen molar-refractivity contribution in [3.63, 3.8) is 0 Å². The molecule has 0 saturated carbocycles. The average Bonchev–Trinajstić information content (AvgIpc) is 3.12. The van der Waals surface area contributed by atoms with E-state index in [-0.39, 0.29) is 17.9 Å². The molecule has 2 aromatic heterocycles. The van der Waals surface area contributed by atoms with Crippen LogP contribution in [0.4, 0.5) is 15.9 Å². The van der Waals surface area contributed by atoms with Crippen molar-refractivity contribution in [2.45, 2.75) is 25.9 Å². The summed E-state index contributed by atoms with van der Waals surface area (Å²) in [5.41, 5.74) is 1.65. The molecule has 14 heteroatoms. The smallest absolute Gasteiger partial charge is 0.264 e. The Bertz CT molecular complexity index is 1540. The van der Waals surface area contributed by atoms with E-state index < -0.39 is 37.6 Å². The number of piperidine rings is 1.